The molecular weight excluding hydrogens is 348 g/mol. The van der Waals surface area contributed by atoms with E-state index in [0.717, 1.165) is 36.8 Å². The fourth-order valence-corrected chi connectivity index (χ4v) is 4.50. The molecule has 2 N–H and O–H groups in total. The normalized spacial score (nSPS) is 17.6. The van der Waals surface area contributed by atoms with E-state index in [1.807, 2.05) is 48.5 Å². The predicted molar refractivity (Wildman–Crippen MR) is 111 cm³/mol. The molecule has 2 aliphatic rings. The van der Waals surface area contributed by atoms with Gasteiger partial charge in [0.1, 0.15) is 0 Å². The molecular formula is C24H28N2O2. The van der Waals surface area contributed by atoms with Gasteiger partial charge in [0.25, 0.3) is 11.8 Å². The fraction of sp³-hybridized carbons (Fsp3) is 0.417. The van der Waals surface area contributed by atoms with E-state index in [2.05, 4.69) is 10.6 Å². The summed E-state index contributed by atoms with van der Waals surface area (Å²) in [6.07, 6.45) is 8.91. The van der Waals surface area contributed by atoms with Crippen LogP contribution in [-0.4, -0.2) is 23.9 Å². The molecule has 2 aliphatic carbocycles. The van der Waals surface area contributed by atoms with Gasteiger partial charge >= 0.3 is 0 Å². The molecule has 2 aromatic rings. The Kier molecular flexibility index (Phi) is 5.75. The third kappa shape index (κ3) is 4.11. The topological polar surface area (TPSA) is 58.2 Å². The molecule has 2 saturated carbocycles. The highest BCUT2D eigenvalue weighted by Gasteiger charge is 2.23. The summed E-state index contributed by atoms with van der Waals surface area (Å²) >= 11 is 0. The van der Waals surface area contributed by atoms with Crippen LogP contribution in [0.25, 0.3) is 11.1 Å². The number of hydrogen-bond donors (Lipinski definition) is 2. The number of amides is 2. The highest BCUT2D eigenvalue weighted by atomic mass is 16.2. The van der Waals surface area contributed by atoms with Crippen LogP contribution in [0.3, 0.4) is 0 Å². The van der Waals surface area contributed by atoms with E-state index in [-0.39, 0.29) is 23.9 Å². The van der Waals surface area contributed by atoms with Crippen molar-refractivity contribution in [1.29, 1.82) is 0 Å². The Balaban J connectivity index is 1.62. The lowest BCUT2D eigenvalue weighted by atomic mass is 9.94. The number of rotatable bonds is 5. The first kappa shape index (κ1) is 18.7. The summed E-state index contributed by atoms with van der Waals surface area (Å²) in [6.45, 7) is 0. The maximum Gasteiger partial charge on any atom is 0.252 e. The molecule has 0 spiro atoms. The van der Waals surface area contributed by atoms with Gasteiger partial charge in [-0.05, 0) is 48.9 Å². The van der Waals surface area contributed by atoms with Crippen molar-refractivity contribution in [3.8, 4) is 11.1 Å². The van der Waals surface area contributed by atoms with Gasteiger partial charge in [-0.3, -0.25) is 9.59 Å². The van der Waals surface area contributed by atoms with Gasteiger partial charge < -0.3 is 10.6 Å². The third-order valence-corrected chi connectivity index (χ3v) is 6.01. The zero-order valence-electron chi connectivity index (χ0n) is 16.2. The Hall–Kier alpha value is -2.62. The molecule has 146 valence electrons. The lowest BCUT2D eigenvalue weighted by Gasteiger charge is -2.17. The van der Waals surface area contributed by atoms with Crippen molar-refractivity contribution in [3.05, 3.63) is 59.7 Å². The van der Waals surface area contributed by atoms with Crippen LogP contribution in [0.4, 0.5) is 0 Å². The zero-order valence-corrected chi connectivity index (χ0v) is 16.2. The Bertz CT molecular complexity index is 778. The Morgan fingerprint density at radius 3 is 1.36 bits per heavy atom. The minimum atomic E-state index is -0.0477. The quantitative estimate of drug-likeness (QED) is 0.795. The molecule has 0 bridgehead atoms. The van der Waals surface area contributed by atoms with Gasteiger partial charge in [0.2, 0.25) is 0 Å². The minimum absolute atomic E-state index is 0.0477. The monoisotopic (exact) mass is 376 g/mol. The van der Waals surface area contributed by atoms with Crippen molar-refractivity contribution in [2.45, 2.75) is 63.5 Å². The summed E-state index contributed by atoms with van der Waals surface area (Å²) in [5.74, 6) is -0.0954. The Labute approximate surface area is 166 Å². The Morgan fingerprint density at radius 2 is 0.964 bits per heavy atom. The van der Waals surface area contributed by atoms with Crippen molar-refractivity contribution >= 4 is 11.8 Å². The molecule has 4 rings (SSSR count). The first-order chi connectivity index (χ1) is 13.7. The van der Waals surface area contributed by atoms with E-state index < -0.39 is 0 Å². The lowest BCUT2D eigenvalue weighted by molar-refractivity contribution is 0.0928. The van der Waals surface area contributed by atoms with Gasteiger partial charge in [-0.25, -0.2) is 0 Å². The van der Waals surface area contributed by atoms with Gasteiger partial charge in [0.15, 0.2) is 0 Å². The van der Waals surface area contributed by atoms with Crippen molar-refractivity contribution in [2.24, 2.45) is 0 Å². The highest BCUT2D eigenvalue weighted by molar-refractivity contribution is 6.06. The van der Waals surface area contributed by atoms with Crippen LogP contribution in [0.2, 0.25) is 0 Å². The smallest absolute Gasteiger partial charge is 0.252 e. The van der Waals surface area contributed by atoms with Crippen LogP contribution in [0.5, 0.6) is 0 Å². The maximum atomic E-state index is 12.9. The zero-order chi connectivity index (χ0) is 19.3. The van der Waals surface area contributed by atoms with Crippen LogP contribution < -0.4 is 10.6 Å². The molecule has 4 heteroatoms. The van der Waals surface area contributed by atoms with Crippen LogP contribution in [0.15, 0.2) is 48.5 Å². The summed E-state index contributed by atoms with van der Waals surface area (Å²) in [4.78, 5) is 25.9. The van der Waals surface area contributed by atoms with Crippen molar-refractivity contribution in [1.82, 2.24) is 10.6 Å². The summed E-state index contributed by atoms with van der Waals surface area (Å²) in [7, 11) is 0. The molecule has 0 aromatic heterocycles. The van der Waals surface area contributed by atoms with E-state index in [1.54, 1.807) is 0 Å². The average molecular weight is 377 g/mol. The lowest BCUT2D eigenvalue weighted by Crippen LogP contribution is -2.33. The van der Waals surface area contributed by atoms with E-state index in [9.17, 15) is 9.59 Å². The SMILES string of the molecule is O=C(NC1CCCC1)c1ccccc1-c1ccccc1C(=O)NC1CCCC1. The number of carbonyl (C=O) groups is 2. The molecule has 2 fully saturated rings. The molecule has 2 amide bonds. The van der Waals surface area contributed by atoms with E-state index in [4.69, 9.17) is 0 Å². The minimum Gasteiger partial charge on any atom is -0.349 e. The molecule has 0 unspecified atom stereocenters. The second kappa shape index (κ2) is 8.59. The molecule has 0 saturated heterocycles. The van der Waals surface area contributed by atoms with E-state index in [1.165, 1.54) is 25.7 Å². The van der Waals surface area contributed by atoms with Crippen LogP contribution in [-0.2, 0) is 0 Å². The van der Waals surface area contributed by atoms with Crippen molar-refractivity contribution in [3.63, 3.8) is 0 Å². The first-order valence-corrected chi connectivity index (χ1v) is 10.5. The van der Waals surface area contributed by atoms with Crippen molar-refractivity contribution in [2.75, 3.05) is 0 Å². The Morgan fingerprint density at radius 1 is 0.607 bits per heavy atom. The van der Waals surface area contributed by atoms with Gasteiger partial charge in [0, 0.05) is 23.2 Å². The van der Waals surface area contributed by atoms with Crippen LogP contribution in [0, 0.1) is 0 Å². The largest absolute Gasteiger partial charge is 0.349 e. The maximum absolute atomic E-state index is 12.9. The van der Waals surface area contributed by atoms with Crippen molar-refractivity contribution < 1.29 is 9.59 Å². The molecule has 4 nitrogen and oxygen atoms in total. The highest BCUT2D eigenvalue weighted by Crippen LogP contribution is 2.29. The third-order valence-electron chi connectivity index (χ3n) is 6.01. The summed E-state index contributed by atoms with van der Waals surface area (Å²) < 4.78 is 0. The number of benzene rings is 2. The molecule has 0 radical (unpaired) electrons. The second-order valence-electron chi connectivity index (χ2n) is 8.00. The molecule has 2 aromatic carbocycles. The second-order valence-corrected chi connectivity index (χ2v) is 8.00. The van der Waals surface area contributed by atoms with Gasteiger partial charge in [0.05, 0.1) is 0 Å². The summed E-state index contributed by atoms with van der Waals surface area (Å²) in [5, 5.41) is 6.35. The van der Waals surface area contributed by atoms with E-state index >= 15 is 0 Å². The molecule has 0 atom stereocenters. The van der Waals surface area contributed by atoms with Crippen LogP contribution in [0.1, 0.15) is 72.1 Å². The van der Waals surface area contributed by atoms with E-state index in [0.29, 0.717) is 11.1 Å². The fourth-order valence-electron chi connectivity index (χ4n) is 4.50. The number of hydrogen-bond acceptors (Lipinski definition) is 2. The van der Waals surface area contributed by atoms with Gasteiger partial charge in [-0.1, -0.05) is 62.1 Å². The van der Waals surface area contributed by atoms with Gasteiger partial charge in [-0.15, -0.1) is 0 Å². The number of carbonyl (C=O) groups excluding carboxylic acids is 2. The summed E-state index contributed by atoms with van der Waals surface area (Å²) in [5.41, 5.74) is 2.90. The standard InChI is InChI=1S/C24H28N2O2/c27-23(25-17-9-1-2-10-17)21-15-7-5-13-19(21)20-14-6-8-16-22(20)24(28)26-18-11-3-4-12-18/h5-8,13-18H,1-4,9-12H2,(H,25,27)(H,26,28). The number of nitrogens with one attached hydrogen (secondary N) is 2. The molecule has 0 heterocycles. The molecule has 28 heavy (non-hydrogen) atoms. The molecule has 0 aliphatic heterocycles. The average Bonchev–Trinajstić information content (AvgIpc) is 3.42. The summed E-state index contributed by atoms with van der Waals surface area (Å²) in [6, 6.07) is 15.7. The van der Waals surface area contributed by atoms with Gasteiger partial charge in [-0.2, -0.15) is 0 Å². The first-order valence-electron chi connectivity index (χ1n) is 10.5. The van der Waals surface area contributed by atoms with Crippen LogP contribution >= 0.6 is 0 Å². The predicted octanol–water partition coefficient (Wildman–Crippen LogP) is 4.70.